The third kappa shape index (κ3) is 2.91. The molecule has 4 heteroatoms. The third-order valence-electron chi connectivity index (χ3n) is 3.40. The van der Waals surface area contributed by atoms with Crippen molar-refractivity contribution in [3.8, 4) is 0 Å². The van der Waals surface area contributed by atoms with Gasteiger partial charge in [-0.3, -0.25) is 0 Å². The van der Waals surface area contributed by atoms with Crippen LogP contribution >= 0.6 is 0 Å². The van der Waals surface area contributed by atoms with Gasteiger partial charge in [0.15, 0.2) is 0 Å². The van der Waals surface area contributed by atoms with Crippen LogP contribution in [0.15, 0.2) is 63.8 Å². The highest BCUT2D eigenvalue weighted by molar-refractivity contribution is 5.94. The van der Waals surface area contributed by atoms with Crippen molar-refractivity contribution in [3.63, 3.8) is 0 Å². The summed E-state index contributed by atoms with van der Waals surface area (Å²) in [5.41, 5.74) is 2.05. The number of aryl methyl sites for hydroxylation is 1. The first kappa shape index (κ1) is 14.1. The van der Waals surface area contributed by atoms with Gasteiger partial charge in [0.25, 0.3) is 0 Å². The van der Waals surface area contributed by atoms with Crippen LogP contribution in [0, 0.1) is 6.92 Å². The molecule has 0 saturated heterocycles. The summed E-state index contributed by atoms with van der Waals surface area (Å²) in [5.74, 6) is -0.449. The quantitative estimate of drug-likeness (QED) is 0.548. The maximum absolute atomic E-state index is 12.1. The number of hydrogen-bond acceptors (Lipinski definition) is 4. The first-order valence-electron chi connectivity index (χ1n) is 6.89. The molecule has 1 aromatic heterocycles. The number of esters is 1. The maximum atomic E-state index is 12.1. The fraction of sp³-hybridized carbons (Fsp3) is 0.111. The minimum Gasteiger partial charge on any atom is -0.457 e. The molecular formula is C18H14O4. The first-order chi connectivity index (χ1) is 10.6. The molecule has 0 unspecified atom stereocenters. The number of carbonyl (C=O) groups excluding carboxylic acids is 1. The first-order valence-corrected chi connectivity index (χ1v) is 6.89. The molecule has 0 atom stereocenters. The van der Waals surface area contributed by atoms with Gasteiger partial charge in [0.05, 0.1) is 5.56 Å². The summed E-state index contributed by atoms with van der Waals surface area (Å²) in [6.45, 7) is 2.03. The van der Waals surface area contributed by atoms with E-state index in [1.165, 1.54) is 12.1 Å². The largest absolute Gasteiger partial charge is 0.457 e. The zero-order chi connectivity index (χ0) is 15.5. The van der Waals surface area contributed by atoms with Crippen LogP contribution in [-0.4, -0.2) is 5.97 Å². The van der Waals surface area contributed by atoms with Crippen LogP contribution in [0.25, 0.3) is 11.0 Å². The van der Waals surface area contributed by atoms with E-state index < -0.39 is 11.6 Å². The van der Waals surface area contributed by atoms with Crippen molar-refractivity contribution in [3.05, 3.63) is 81.7 Å². The van der Waals surface area contributed by atoms with Gasteiger partial charge >= 0.3 is 11.6 Å². The minimum absolute atomic E-state index is 0.204. The van der Waals surface area contributed by atoms with Crippen LogP contribution < -0.4 is 5.63 Å². The molecule has 2 aromatic carbocycles. The molecule has 3 rings (SSSR count). The SMILES string of the molecule is Cc1cc(=O)oc2cc(C(=O)OCc3ccccc3)ccc12. The second kappa shape index (κ2) is 5.85. The van der Waals surface area contributed by atoms with E-state index in [0.717, 1.165) is 16.5 Å². The average molecular weight is 294 g/mol. The van der Waals surface area contributed by atoms with Crippen molar-refractivity contribution < 1.29 is 13.9 Å². The van der Waals surface area contributed by atoms with Gasteiger partial charge in [-0.05, 0) is 30.2 Å². The van der Waals surface area contributed by atoms with Crippen molar-refractivity contribution in [1.29, 1.82) is 0 Å². The lowest BCUT2D eigenvalue weighted by atomic mass is 10.1. The molecule has 0 radical (unpaired) electrons. The lowest BCUT2D eigenvalue weighted by Crippen LogP contribution is -2.06. The Bertz CT molecular complexity index is 878. The molecule has 0 N–H and O–H groups in total. The summed E-state index contributed by atoms with van der Waals surface area (Å²) in [7, 11) is 0. The average Bonchev–Trinajstić information content (AvgIpc) is 2.53. The topological polar surface area (TPSA) is 56.5 Å². The summed E-state index contributed by atoms with van der Waals surface area (Å²) in [6, 6.07) is 15.8. The summed E-state index contributed by atoms with van der Waals surface area (Å²) in [6.07, 6.45) is 0. The summed E-state index contributed by atoms with van der Waals surface area (Å²) < 4.78 is 10.4. The number of benzene rings is 2. The van der Waals surface area contributed by atoms with Gasteiger partial charge in [-0.1, -0.05) is 36.4 Å². The van der Waals surface area contributed by atoms with Crippen LogP contribution in [0.4, 0.5) is 0 Å². The molecule has 0 bridgehead atoms. The fourth-order valence-corrected chi connectivity index (χ4v) is 2.26. The van der Waals surface area contributed by atoms with E-state index in [1.54, 1.807) is 12.1 Å². The van der Waals surface area contributed by atoms with Gasteiger partial charge in [0.1, 0.15) is 12.2 Å². The molecule has 22 heavy (non-hydrogen) atoms. The number of ether oxygens (including phenoxy) is 1. The normalized spacial score (nSPS) is 10.6. The predicted octanol–water partition coefficient (Wildman–Crippen LogP) is 3.46. The Balaban J connectivity index is 1.83. The molecule has 4 nitrogen and oxygen atoms in total. The molecule has 110 valence electrons. The molecule has 0 spiro atoms. The Labute approximate surface area is 127 Å². The molecule has 0 aliphatic carbocycles. The van der Waals surface area contributed by atoms with E-state index in [1.807, 2.05) is 37.3 Å². The molecule has 0 fully saturated rings. The Hall–Kier alpha value is -2.88. The van der Waals surface area contributed by atoms with Crippen molar-refractivity contribution in [2.45, 2.75) is 13.5 Å². The molecule has 0 aliphatic rings. The second-order valence-electron chi connectivity index (χ2n) is 5.02. The highest BCUT2D eigenvalue weighted by Gasteiger charge is 2.10. The molecule has 0 amide bonds. The van der Waals surface area contributed by atoms with E-state index in [-0.39, 0.29) is 6.61 Å². The van der Waals surface area contributed by atoms with Crippen molar-refractivity contribution in [2.24, 2.45) is 0 Å². The number of fused-ring (bicyclic) bond motifs is 1. The Morgan fingerprint density at radius 3 is 2.64 bits per heavy atom. The number of hydrogen-bond donors (Lipinski definition) is 0. The van der Waals surface area contributed by atoms with Gasteiger partial charge in [0.2, 0.25) is 0 Å². The predicted molar refractivity (Wildman–Crippen MR) is 82.8 cm³/mol. The zero-order valence-electron chi connectivity index (χ0n) is 12.0. The molecule has 1 heterocycles. The van der Waals surface area contributed by atoms with Crippen LogP contribution in [0.2, 0.25) is 0 Å². The van der Waals surface area contributed by atoms with Crippen molar-refractivity contribution in [1.82, 2.24) is 0 Å². The molecule has 0 saturated carbocycles. The molecule has 3 aromatic rings. The van der Waals surface area contributed by atoms with Crippen LogP contribution in [0.3, 0.4) is 0 Å². The van der Waals surface area contributed by atoms with E-state index in [2.05, 4.69) is 0 Å². The van der Waals surface area contributed by atoms with Crippen molar-refractivity contribution >= 4 is 16.9 Å². The van der Waals surface area contributed by atoms with Gasteiger partial charge in [0, 0.05) is 11.5 Å². The van der Waals surface area contributed by atoms with Crippen LogP contribution in [0.5, 0.6) is 0 Å². The lowest BCUT2D eigenvalue weighted by molar-refractivity contribution is 0.0472. The fourth-order valence-electron chi connectivity index (χ4n) is 2.26. The van der Waals surface area contributed by atoms with Gasteiger partial charge in [-0.15, -0.1) is 0 Å². The Morgan fingerprint density at radius 2 is 1.86 bits per heavy atom. The monoisotopic (exact) mass is 294 g/mol. The standard InChI is InChI=1S/C18H14O4/c1-12-9-17(19)22-16-10-14(7-8-15(12)16)18(20)21-11-13-5-3-2-4-6-13/h2-10H,11H2,1H3. The van der Waals surface area contributed by atoms with Crippen LogP contribution in [0.1, 0.15) is 21.5 Å². The second-order valence-corrected chi connectivity index (χ2v) is 5.02. The zero-order valence-corrected chi connectivity index (χ0v) is 12.0. The summed E-state index contributed by atoms with van der Waals surface area (Å²) in [5, 5.41) is 0.805. The van der Waals surface area contributed by atoms with Gasteiger partial charge < -0.3 is 9.15 Å². The number of carbonyl (C=O) groups is 1. The van der Waals surface area contributed by atoms with E-state index in [9.17, 15) is 9.59 Å². The van der Waals surface area contributed by atoms with Gasteiger partial charge in [-0.25, -0.2) is 9.59 Å². The Kier molecular flexibility index (Phi) is 3.74. The highest BCUT2D eigenvalue weighted by atomic mass is 16.5. The van der Waals surface area contributed by atoms with E-state index in [0.29, 0.717) is 11.1 Å². The summed E-state index contributed by atoms with van der Waals surface area (Å²) in [4.78, 5) is 23.5. The molecule has 0 aliphatic heterocycles. The Morgan fingerprint density at radius 1 is 1.09 bits per heavy atom. The third-order valence-corrected chi connectivity index (χ3v) is 3.40. The lowest BCUT2D eigenvalue weighted by Gasteiger charge is -2.06. The van der Waals surface area contributed by atoms with Gasteiger partial charge in [-0.2, -0.15) is 0 Å². The smallest absolute Gasteiger partial charge is 0.338 e. The number of rotatable bonds is 3. The maximum Gasteiger partial charge on any atom is 0.338 e. The van der Waals surface area contributed by atoms with Crippen LogP contribution in [-0.2, 0) is 11.3 Å². The highest BCUT2D eigenvalue weighted by Crippen LogP contribution is 2.18. The van der Waals surface area contributed by atoms with E-state index >= 15 is 0 Å². The molecular weight excluding hydrogens is 280 g/mol. The van der Waals surface area contributed by atoms with Crippen molar-refractivity contribution in [2.75, 3.05) is 0 Å². The van der Waals surface area contributed by atoms with E-state index in [4.69, 9.17) is 9.15 Å². The minimum atomic E-state index is -0.449. The summed E-state index contributed by atoms with van der Waals surface area (Å²) >= 11 is 0.